The van der Waals surface area contributed by atoms with Crippen LogP contribution in [0, 0.1) is 17.0 Å². The van der Waals surface area contributed by atoms with Crippen LogP contribution in [0.15, 0.2) is 51.7 Å². The lowest BCUT2D eigenvalue weighted by Gasteiger charge is -2.21. The molecule has 0 spiro atoms. The standard InChI is InChI=1S/C20H11ClN4O5S/c1-9-22-23-20(31-9)24-16(10-3-2-4-12(7-10)25(28)29)15-17(26)13-8-11(21)5-6-14(13)30-18(15)19(24)27/h2-8,16H,1H3/t16-/m0/s1. The fourth-order valence-corrected chi connectivity index (χ4v) is 4.54. The van der Waals surface area contributed by atoms with Crippen molar-refractivity contribution in [1.29, 1.82) is 0 Å². The minimum absolute atomic E-state index is 0.0770. The highest BCUT2D eigenvalue weighted by Gasteiger charge is 2.45. The van der Waals surface area contributed by atoms with Gasteiger partial charge >= 0.3 is 0 Å². The average molecular weight is 455 g/mol. The molecule has 0 bridgehead atoms. The second kappa shape index (κ2) is 6.96. The number of carbonyl (C=O) groups excluding carboxylic acids is 1. The molecule has 4 aromatic rings. The summed E-state index contributed by atoms with van der Waals surface area (Å²) in [4.78, 5) is 38.9. The van der Waals surface area contributed by atoms with Gasteiger partial charge in [0.1, 0.15) is 10.6 Å². The molecule has 0 N–H and O–H groups in total. The van der Waals surface area contributed by atoms with Gasteiger partial charge in [0.15, 0.2) is 5.43 Å². The zero-order chi connectivity index (χ0) is 21.9. The first-order valence-corrected chi connectivity index (χ1v) is 10.2. The lowest BCUT2D eigenvalue weighted by Crippen LogP contribution is -2.29. The molecule has 0 aliphatic carbocycles. The summed E-state index contributed by atoms with van der Waals surface area (Å²) in [6, 6.07) is 9.36. The molecule has 1 atom stereocenters. The van der Waals surface area contributed by atoms with E-state index in [0.29, 0.717) is 15.6 Å². The predicted molar refractivity (Wildman–Crippen MR) is 114 cm³/mol. The topological polar surface area (TPSA) is 119 Å². The van der Waals surface area contributed by atoms with E-state index >= 15 is 0 Å². The van der Waals surface area contributed by atoms with Crippen LogP contribution >= 0.6 is 22.9 Å². The van der Waals surface area contributed by atoms with E-state index in [1.54, 1.807) is 19.1 Å². The summed E-state index contributed by atoms with van der Waals surface area (Å²) in [6.07, 6.45) is 0. The van der Waals surface area contributed by atoms with Gasteiger partial charge in [0, 0.05) is 17.2 Å². The number of aromatic nitrogens is 2. The first-order valence-electron chi connectivity index (χ1n) is 8.99. The predicted octanol–water partition coefficient (Wildman–Crippen LogP) is 4.26. The van der Waals surface area contributed by atoms with E-state index in [1.807, 2.05) is 0 Å². The van der Waals surface area contributed by atoms with Crippen molar-refractivity contribution in [2.24, 2.45) is 0 Å². The van der Waals surface area contributed by atoms with Crippen molar-refractivity contribution >= 4 is 50.6 Å². The van der Waals surface area contributed by atoms with Gasteiger partial charge in [-0.05, 0) is 30.7 Å². The molecular formula is C20H11ClN4O5S. The van der Waals surface area contributed by atoms with Gasteiger partial charge in [-0.2, -0.15) is 0 Å². The number of benzene rings is 2. The number of nitrogens with zero attached hydrogens (tertiary/aromatic N) is 4. The van der Waals surface area contributed by atoms with Crippen LogP contribution in [-0.2, 0) is 0 Å². The van der Waals surface area contributed by atoms with Crippen molar-refractivity contribution in [1.82, 2.24) is 10.2 Å². The van der Waals surface area contributed by atoms with Gasteiger partial charge < -0.3 is 4.42 Å². The van der Waals surface area contributed by atoms with Crippen LogP contribution in [0.1, 0.15) is 32.7 Å². The number of fused-ring (bicyclic) bond motifs is 2. The Balaban J connectivity index is 1.83. The summed E-state index contributed by atoms with van der Waals surface area (Å²) < 4.78 is 5.81. The van der Waals surface area contributed by atoms with Crippen molar-refractivity contribution in [2.45, 2.75) is 13.0 Å². The molecule has 2 aromatic heterocycles. The molecule has 0 saturated heterocycles. The largest absolute Gasteiger partial charge is 0.450 e. The van der Waals surface area contributed by atoms with Gasteiger partial charge in [-0.25, -0.2) is 0 Å². The number of halogens is 1. The fraction of sp³-hybridized carbons (Fsp3) is 0.100. The highest BCUT2D eigenvalue weighted by atomic mass is 35.5. The van der Waals surface area contributed by atoms with Gasteiger partial charge in [-0.1, -0.05) is 35.1 Å². The van der Waals surface area contributed by atoms with Crippen LogP contribution in [0.25, 0.3) is 11.0 Å². The maximum absolute atomic E-state index is 13.4. The second-order valence-corrected chi connectivity index (χ2v) is 8.44. The highest BCUT2D eigenvalue weighted by Crippen LogP contribution is 2.42. The number of nitro groups is 1. The molecule has 1 aliphatic rings. The number of anilines is 1. The van der Waals surface area contributed by atoms with E-state index in [9.17, 15) is 19.7 Å². The van der Waals surface area contributed by atoms with E-state index in [2.05, 4.69) is 10.2 Å². The Morgan fingerprint density at radius 3 is 2.71 bits per heavy atom. The molecule has 31 heavy (non-hydrogen) atoms. The molecule has 3 heterocycles. The van der Waals surface area contributed by atoms with Gasteiger partial charge in [0.2, 0.25) is 10.9 Å². The quantitative estimate of drug-likeness (QED) is 0.335. The lowest BCUT2D eigenvalue weighted by molar-refractivity contribution is -0.384. The Labute approximate surface area is 182 Å². The van der Waals surface area contributed by atoms with Crippen molar-refractivity contribution in [3.8, 4) is 0 Å². The number of amides is 1. The van der Waals surface area contributed by atoms with E-state index in [0.717, 1.165) is 0 Å². The summed E-state index contributed by atoms with van der Waals surface area (Å²) >= 11 is 7.22. The van der Waals surface area contributed by atoms with Crippen LogP contribution in [0.3, 0.4) is 0 Å². The zero-order valence-corrected chi connectivity index (χ0v) is 17.3. The Hall–Kier alpha value is -3.63. The SMILES string of the molecule is Cc1nnc(N2C(=O)c3oc4ccc(Cl)cc4c(=O)c3[C@@H]2c2cccc([N+](=O)[O-])c2)s1. The molecule has 0 fully saturated rings. The first kappa shape index (κ1) is 19.3. The van der Waals surface area contributed by atoms with E-state index in [-0.39, 0.29) is 33.1 Å². The molecule has 9 nitrogen and oxygen atoms in total. The summed E-state index contributed by atoms with van der Waals surface area (Å²) in [5, 5.41) is 20.8. The molecule has 0 saturated carbocycles. The first-order chi connectivity index (χ1) is 14.8. The Kier molecular flexibility index (Phi) is 4.34. The summed E-state index contributed by atoms with van der Waals surface area (Å²) in [7, 11) is 0. The van der Waals surface area contributed by atoms with Gasteiger partial charge in [-0.3, -0.25) is 24.6 Å². The zero-order valence-electron chi connectivity index (χ0n) is 15.7. The maximum atomic E-state index is 13.4. The van der Waals surface area contributed by atoms with E-state index in [1.165, 1.54) is 46.6 Å². The lowest BCUT2D eigenvalue weighted by atomic mass is 9.98. The number of carbonyl (C=O) groups is 1. The fourth-order valence-electron chi connectivity index (χ4n) is 3.65. The number of hydrogen-bond donors (Lipinski definition) is 0. The van der Waals surface area contributed by atoms with Crippen LogP contribution in [0.5, 0.6) is 0 Å². The summed E-state index contributed by atoms with van der Waals surface area (Å²) in [5.74, 6) is -0.708. The van der Waals surface area contributed by atoms with Crippen molar-refractivity contribution in [3.05, 3.63) is 89.7 Å². The number of non-ortho nitro benzene ring substituents is 1. The van der Waals surface area contributed by atoms with E-state index in [4.69, 9.17) is 16.0 Å². The molecule has 1 amide bonds. The maximum Gasteiger partial charge on any atom is 0.297 e. The number of aryl methyl sites for hydroxylation is 1. The Bertz CT molecular complexity index is 1460. The number of hydrogen-bond acceptors (Lipinski definition) is 8. The molecule has 11 heteroatoms. The monoisotopic (exact) mass is 454 g/mol. The number of rotatable bonds is 3. The molecule has 154 valence electrons. The molecule has 5 rings (SSSR count). The molecule has 0 radical (unpaired) electrons. The molecular weight excluding hydrogens is 444 g/mol. The van der Waals surface area contributed by atoms with Crippen molar-refractivity contribution < 1.29 is 14.1 Å². The Morgan fingerprint density at radius 2 is 2.00 bits per heavy atom. The molecule has 0 unspecified atom stereocenters. The van der Waals surface area contributed by atoms with Crippen molar-refractivity contribution in [2.75, 3.05) is 4.90 Å². The van der Waals surface area contributed by atoms with Gasteiger partial charge in [-0.15, -0.1) is 10.2 Å². The van der Waals surface area contributed by atoms with Crippen molar-refractivity contribution in [3.63, 3.8) is 0 Å². The molecule has 1 aliphatic heterocycles. The summed E-state index contributed by atoms with van der Waals surface area (Å²) in [5.41, 5.74) is 0.0675. The second-order valence-electron chi connectivity index (χ2n) is 6.85. The van der Waals surface area contributed by atoms with Crippen LogP contribution < -0.4 is 10.3 Å². The van der Waals surface area contributed by atoms with Crippen LogP contribution in [0.2, 0.25) is 5.02 Å². The third-order valence-corrected chi connectivity index (χ3v) is 6.02. The average Bonchev–Trinajstić information content (AvgIpc) is 3.30. The molecule has 2 aromatic carbocycles. The summed E-state index contributed by atoms with van der Waals surface area (Å²) in [6.45, 7) is 1.73. The van der Waals surface area contributed by atoms with Crippen LogP contribution in [0.4, 0.5) is 10.8 Å². The highest BCUT2D eigenvalue weighted by molar-refractivity contribution is 7.15. The minimum atomic E-state index is -0.964. The number of nitro benzene ring substituents is 1. The third kappa shape index (κ3) is 2.99. The van der Waals surface area contributed by atoms with E-state index < -0.39 is 22.3 Å². The van der Waals surface area contributed by atoms with Gasteiger partial charge in [0.05, 0.1) is 21.9 Å². The normalized spacial score (nSPS) is 15.5. The third-order valence-electron chi connectivity index (χ3n) is 4.95. The van der Waals surface area contributed by atoms with Crippen LogP contribution in [-0.4, -0.2) is 21.0 Å². The minimum Gasteiger partial charge on any atom is -0.450 e. The van der Waals surface area contributed by atoms with Gasteiger partial charge in [0.25, 0.3) is 11.6 Å². The smallest absolute Gasteiger partial charge is 0.297 e. The Morgan fingerprint density at radius 1 is 1.19 bits per heavy atom.